The predicted octanol–water partition coefficient (Wildman–Crippen LogP) is 4.03. The Bertz CT molecular complexity index is 1880. The number of rotatable bonds is 8. The minimum atomic E-state index is -3.63. The summed E-state index contributed by atoms with van der Waals surface area (Å²) in [4.78, 5) is 29.7. The second kappa shape index (κ2) is 11.7. The number of hydrogen-bond donors (Lipinski definition) is 2. The van der Waals surface area contributed by atoms with Crippen molar-refractivity contribution in [3.63, 3.8) is 0 Å². The number of benzene rings is 2. The lowest BCUT2D eigenvalue weighted by Gasteiger charge is -2.31. The van der Waals surface area contributed by atoms with Crippen LogP contribution in [0.15, 0.2) is 77.1 Å². The molecule has 0 spiro atoms. The Balaban J connectivity index is 1.28. The third-order valence-corrected chi connectivity index (χ3v) is 10.1. The van der Waals surface area contributed by atoms with Crippen LogP contribution in [0.5, 0.6) is 0 Å². The average Bonchev–Trinajstić information content (AvgIpc) is 3.67. The lowest BCUT2D eigenvalue weighted by Crippen LogP contribution is -2.47. The molecule has 3 aromatic heterocycles. The summed E-state index contributed by atoms with van der Waals surface area (Å²) in [5, 5.41) is 9.71. The number of fused-ring (bicyclic) bond motifs is 1. The third-order valence-electron chi connectivity index (χ3n) is 7.30. The van der Waals surface area contributed by atoms with Crippen molar-refractivity contribution in [1.29, 1.82) is 0 Å². The number of piperazine rings is 1. The number of nitrogens with zero attached hydrogens (tertiary/aromatic N) is 7. The highest BCUT2D eigenvalue weighted by molar-refractivity contribution is 7.89. The SMILES string of the molecule is Cc1cccc2c1nc(NC(=O)c1cccs1)n2N(C)c1ccnc(Nc2cccc(S(=O)(=O)N3CCN(C)CC3)c2)n1. The maximum absolute atomic E-state index is 13.3. The lowest BCUT2D eigenvalue weighted by atomic mass is 10.2. The van der Waals surface area contributed by atoms with Gasteiger partial charge in [0, 0.05) is 51.2 Å². The van der Waals surface area contributed by atoms with Crippen molar-refractivity contribution in [3.05, 3.63) is 82.7 Å². The fourth-order valence-electron chi connectivity index (χ4n) is 4.92. The molecule has 0 radical (unpaired) electrons. The molecule has 1 amide bonds. The van der Waals surface area contributed by atoms with Crippen molar-refractivity contribution in [2.24, 2.45) is 0 Å². The average molecular weight is 618 g/mol. The first-order valence-corrected chi connectivity index (χ1v) is 16.0. The molecule has 0 bridgehead atoms. The molecular formula is C29H31N9O3S2. The van der Waals surface area contributed by atoms with Crippen LogP contribution in [0.1, 0.15) is 15.2 Å². The number of likely N-dealkylation sites (N-methyl/N-ethyl adjacent to an activating group) is 1. The van der Waals surface area contributed by atoms with Crippen LogP contribution < -0.4 is 15.6 Å². The summed E-state index contributed by atoms with van der Waals surface area (Å²) in [7, 11) is 0.170. The van der Waals surface area contributed by atoms with Crippen molar-refractivity contribution in [1.82, 2.24) is 28.8 Å². The minimum Gasteiger partial charge on any atom is -0.324 e. The van der Waals surface area contributed by atoms with Crippen molar-refractivity contribution in [2.45, 2.75) is 11.8 Å². The van der Waals surface area contributed by atoms with Crippen LogP contribution in [-0.4, -0.2) is 83.4 Å². The summed E-state index contributed by atoms with van der Waals surface area (Å²) >= 11 is 1.35. The van der Waals surface area contributed by atoms with E-state index in [0.29, 0.717) is 48.5 Å². The Morgan fingerprint density at radius 2 is 1.79 bits per heavy atom. The van der Waals surface area contributed by atoms with E-state index >= 15 is 0 Å². The number of nitrogens with one attached hydrogen (secondary N) is 2. The molecule has 12 nitrogen and oxygen atoms in total. The molecule has 1 aliphatic rings. The number of amides is 1. The van der Waals surface area contributed by atoms with E-state index in [2.05, 4.69) is 20.5 Å². The number of aryl methyl sites for hydroxylation is 1. The van der Waals surface area contributed by atoms with Crippen molar-refractivity contribution < 1.29 is 13.2 Å². The van der Waals surface area contributed by atoms with E-state index in [1.165, 1.54) is 15.6 Å². The molecule has 14 heteroatoms. The number of imidazole rings is 1. The Hall–Kier alpha value is -4.37. The topological polar surface area (TPSA) is 129 Å². The Labute approximate surface area is 253 Å². The maximum atomic E-state index is 13.3. The largest absolute Gasteiger partial charge is 0.324 e. The molecular weight excluding hydrogens is 587 g/mol. The summed E-state index contributed by atoms with van der Waals surface area (Å²) < 4.78 is 29.9. The van der Waals surface area contributed by atoms with Gasteiger partial charge in [-0.15, -0.1) is 11.3 Å². The Morgan fingerprint density at radius 3 is 2.56 bits per heavy atom. The predicted molar refractivity (Wildman–Crippen MR) is 169 cm³/mol. The monoisotopic (exact) mass is 617 g/mol. The van der Waals surface area contributed by atoms with Crippen LogP contribution in [0, 0.1) is 6.92 Å². The highest BCUT2D eigenvalue weighted by atomic mass is 32.2. The normalized spacial score (nSPS) is 14.6. The summed E-state index contributed by atoms with van der Waals surface area (Å²) in [5.74, 6) is 0.892. The van der Waals surface area contributed by atoms with Crippen molar-refractivity contribution in [2.75, 3.05) is 55.9 Å². The molecule has 2 N–H and O–H groups in total. The van der Waals surface area contributed by atoms with E-state index in [-0.39, 0.29) is 16.8 Å². The molecule has 0 atom stereocenters. The number of anilines is 4. The fraction of sp³-hybridized carbons (Fsp3) is 0.241. The van der Waals surface area contributed by atoms with Crippen molar-refractivity contribution >= 4 is 61.7 Å². The van der Waals surface area contributed by atoms with Crippen molar-refractivity contribution in [3.8, 4) is 0 Å². The van der Waals surface area contributed by atoms with Gasteiger partial charge in [0.25, 0.3) is 5.91 Å². The molecule has 1 saturated heterocycles. The van der Waals surface area contributed by atoms with Crippen LogP contribution in [0.2, 0.25) is 0 Å². The molecule has 0 saturated carbocycles. The molecule has 0 unspecified atom stereocenters. The highest BCUT2D eigenvalue weighted by Gasteiger charge is 2.27. The minimum absolute atomic E-state index is 0.210. The summed E-state index contributed by atoms with van der Waals surface area (Å²) in [6.07, 6.45) is 1.61. The maximum Gasteiger partial charge on any atom is 0.268 e. The smallest absolute Gasteiger partial charge is 0.268 e. The Morgan fingerprint density at radius 1 is 1.00 bits per heavy atom. The molecule has 222 valence electrons. The summed E-state index contributed by atoms with van der Waals surface area (Å²) in [5.41, 5.74) is 3.05. The standard InChI is InChI=1S/C29H31N9O3S2/c1-20-7-4-10-23-26(20)33-29(34-27(39)24-11-6-18-42-24)38(23)36(3)25-12-13-30-28(32-25)31-21-8-5-9-22(19-21)43(40,41)37-16-14-35(2)15-17-37/h4-13,18-19H,14-17H2,1-3H3,(H,30,31,32)(H,33,34,39). The second-order valence-electron chi connectivity index (χ2n) is 10.2. The van der Waals surface area contributed by atoms with E-state index in [1.807, 2.05) is 50.7 Å². The number of aromatic nitrogens is 4. The van der Waals surface area contributed by atoms with Crippen LogP contribution >= 0.6 is 11.3 Å². The number of sulfonamides is 1. The van der Waals surface area contributed by atoms with Gasteiger partial charge >= 0.3 is 0 Å². The fourth-order valence-corrected chi connectivity index (χ4v) is 7.00. The number of hydrogen-bond acceptors (Lipinski definition) is 10. The van der Waals surface area contributed by atoms with E-state index in [4.69, 9.17) is 9.97 Å². The van der Waals surface area contributed by atoms with Gasteiger partial charge in [-0.2, -0.15) is 9.29 Å². The second-order valence-corrected chi connectivity index (χ2v) is 13.1. The van der Waals surface area contributed by atoms with E-state index in [9.17, 15) is 13.2 Å². The van der Waals surface area contributed by atoms with Crippen LogP contribution in [0.4, 0.5) is 23.4 Å². The molecule has 1 fully saturated rings. The van der Waals surface area contributed by atoms with Gasteiger partial charge < -0.3 is 10.2 Å². The number of para-hydroxylation sites is 1. The first kappa shape index (κ1) is 28.7. The first-order chi connectivity index (χ1) is 20.7. The van der Waals surface area contributed by atoms with Crippen LogP contribution in [-0.2, 0) is 10.0 Å². The zero-order chi connectivity index (χ0) is 30.1. The molecule has 0 aliphatic carbocycles. The molecule has 5 aromatic rings. The van der Waals surface area contributed by atoms with Gasteiger partial charge in [0.05, 0.1) is 20.8 Å². The quantitative estimate of drug-likeness (QED) is 0.265. The Kier molecular flexibility index (Phi) is 7.83. The van der Waals surface area contributed by atoms with Gasteiger partial charge in [-0.25, -0.2) is 23.1 Å². The van der Waals surface area contributed by atoms with Crippen LogP contribution in [0.25, 0.3) is 11.0 Å². The molecule has 4 heterocycles. The van der Waals surface area contributed by atoms with Gasteiger partial charge in [0.2, 0.25) is 21.9 Å². The highest BCUT2D eigenvalue weighted by Crippen LogP contribution is 2.27. The molecule has 6 rings (SSSR count). The van der Waals surface area contributed by atoms with E-state index in [0.717, 1.165) is 16.6 Å². The van der Waals surface area contributed by atoms with Gasteiger partial charge in [0.1, 0.15) is 0 Å². The van der Waals surface area contributed by atoms with E-state index < -0.39 is 10.0 Å². The van der Waals surface area contributed by atoms with E-state index in [1.54, 1.807) is 52.3 Å². The molecule has 43 heavy (non-hydrogen) atoms. The number of carbonyl (C=O) groups is 1. The summed E-state index contributed by atoms with van der Waals surface area (Å²) in [6.45, 7) is 4.25. The van der Waals surface area contributed by atoms with Gasteiger partial charge in [-0.05, 0) is 55.2 Å². The number of carbonyl (C=O) groups excluding carboxylic acids is 1. The third kappa shape index (κ3) is 5.82. The van der Waals surface area contributed by atoms with Gasteiger partial charge in [-0.1, -0.05) is 24.3 Å². The zero-order valence-corrected chi connectivity index (χ0v) is 25.6. The van der Waals surface area contributed by atoms with Gasteiger partial charge in [-0.3, -0.25) is 15.1 Å². The van der Waals surface area contributed by atoms with Gasteiger partial charge in [0.15, 0.2) is 5.82 Å². The summed E-state index contributed by atoms with van der Waals surface area (Å²) in [6, 6.07) is 17.8. The zero-order valence-electron chi connectivity index (χ0n) is 23.9. The molecule has 1 aliphatic heterocycles. The lowest BCUT2D eigenvalue weighted by molar-refractivity contribution is 0.102. The molecule has 2 aromatic carbocycles. The first-order valence-electron chi connectivity index (χ1n) is 13.7. The number of thiophene rings is 1. The van der Waals surface area contributed by atoms with Crippen LogP contribution in [0.3, 0.4) is 0 Å².